The van der Waals surface area contributed by atoms with Gasteiger partial charge in [-0.2, -0.15) is 0 Å². The Morgan fingerprint density at radius 1 is 1.16 bits per heavy atom. The van der Waals surface area contributed by atoms with Crippen molar-refractivity contribution >= 4 is 36.5 Å². The molecule has 0 radical (unpaired) electrons. The minimum absolute atomic E-state index is 0.296. The number of sulfone groups is 1. The summed E-state index contributed by atoms with van der Waals surface area (Å²) < 4.78 is 34.9. The number of nitrogens with one attached hydrogen (secondary N) is 1. The Bertz CT molecular complexity index is 1010. The standard InChI is InChI=1S/C17H18N2O4S2/c1-22-14-6-4-5-11(16(14)23-2)10-18-17-19-13-8-7-12(25(3,20)21)9-15(13)24-17/h4-9H,10H2,1-3H3,(H,18,19). The zero-order valence-electron chi connectivity index (χ0n) is 14.1. The van der Waals surface area contributed by atoms with E-state index >= 15 is 0 Å². The largest absolute Gasteiger partial charge is 0.493 e. The van der Waals surface area contributed by atoms with Gasteiger partial charge in [0.1, 0.15) is 0 Å². The Morgan fingerprint density at radius 2 is 1.96 bits per heavy atom. The Morgan fingerprint density at radius 3 is 2.64 bits per heavy atom. The lowest BCUT2D eigenvalue weighted by Crippen LogP contribution is -2.02. The first-order valence-corrected chi connectivity index (χ1v) is 10.2. The number of anilines is 1. The number of thiazole rings is 1. The van der Waals surface area contributed by atoms with Crippen LogP contribution < -0.4 is 14.8 Å². The first-order valence-electron chi connectivity index (χ1n) is 7.47. The van der Waals surface area contributed by atoms with Crippen molar-refractivity contribution in [3.05, 3.63) is 42.0 Å². The van der Waals surface area contributed by atoms with Crippen molar-refractivity contribution in [3.63, 3.8) is 0 Å². The van der Waals surface area contributed by atoms with Gasteiger partial charge in [-0.3, -0.25) is 0 Å². The molecule has 0 saturated heterocycles. The number of nitrogens with zero attached hydrogens (tertiary/aromatic N) is 1. The van der Waals surface area contributed by atoms with Crippen LogP contribution in [0, 0.1) is 0 Å². The average Bonchev–Trinajstić information content (AvgIpc) is 3.00. The maximum Gasteiger partial charge on any atom is 0.184 e. The lowest BCUT2D eigenvalue weighted by atomic mass is 10.2. The Kier molecular flexibility index (Phi) is 4.82. The monoisotopic (exact) mass is 378 g/mol. The maximum atomic E-state index is 11.7. The number of rotatable bonds is 6. The molecule has 0 amide bonds. The fraction of sp³-hybridized carbons (Fsp3) is 0.235. The fourth-order valence-corrected chi connectivity index (χ4v) is 4.10. The number of methoxy groups -OCH3 is 2. The van der Waals surface area contributed by atoms with E-state index in [0.29, 0.717) is 28.1 Å². The minimum Gasteiger partial charge on any atom is -0.493 e. The van der Waals surface area contributed by atoms with Gasteiger partial charge >= 0.3 is 0 Å². The molecule has 0 spiro atoms. The zero-order chi connectivity index (χ0) is 18.0. The van der Waals surface area contributed by atoms with Crippen molar-refractivity contribution in [2.75, 3.05) is 25.8 Å². The van der Waals surface area contributed by atoms with E-state index in [-0.39, 0.29) is 0 Å². The Labute approximate surface area is 150 Å². The van der Waals surface area contributed by atoms with Crippen LogP contribution in [0.25, 0.3) is 10.2 Å². The molecule has 0 fully saturated rings. The third-order valence-electron chi connectivity index (χ3n) is 3.70. The van der Waals surface area contributed by atoms with E-state index in [1.54, 1.807) is 32.4 Å². The van der Waals surface area contributed by atoms with Crippen molar-refractivity contribution in [2.45, 2.75) is 11.4 Å². The number of fused-ring (bicyclic) bond motifs is 1. The van der Waals surface area contributed by atoms with Crippen LogP contribution in [0.3, 0.4) is 0 Å². The lowest BCUT2D eigenvalue weighted by molar-refractivity contribution is 0.352. The van der Waals surface area contributed by atoms with Crippen LogP contribution in [-0.4, -0.2) is 33.9 Å². The molecule has 8 heteroatoms. The van der Waals surface area contributed by atoms with Crippen LogP contribution >= 0.6 is 11.3 Å². The second-order valence-corrected chi connectivity index (χ2v) is 8.47. The maximum absolute atomic E-state index is 11.7. The molecule has 132 valence electrons. The molecular formula is C17H18N2O4S2. The van der Waals surface area contributed by atoms with Crippen molar-refractivity contribution in [2.24, 2.45) is 0 Å². The van der Waals surface area contributed by atoms with E-state index < -0.39 is 9.84 Å². The molecule has 0 aliphatic carbocycles. The summed E-state index contributed by atoms with van der Waals surface area (Å²) in [7, 11) is -0.0268. The molecule has 6 nitrogen and oxygen atoms in total. The molecule has 0 atom stereocenters. The summed E-state index contributed by atoms with van der Waals surface area (Å²) in [6, 6.07) is 10.6. The van der Waals surface area contributed by atoms with Gasteiger partial charge in [-0.1, -0.05) is 23.5 Å². The van der Waals surface area contributed by atoms with E-state index in [1.165, 1.54) is 17.6 Å². The predicted molar refractivity (Wildman–Crippen MR) is 99.6 cm³/mol. The van der Waals surface area contributed by atoms with Crippen LogP contribution in [0.1, 0.15) is 5.56 Å². The molecule has 1 N–H and O–H groups in total. The van der Waals surface area contributed by atoms with Gasteiger partial charge in [-0.25, -0.2) is 13.4 Å². The molecule has 3 rings (SSSR count). The van der Waals surface area contributed by atoms with Crippen molar-refractivity contribution in [3.8, 4) is 11.5 Å². The van der Waals surface area contributed by atoms with E-state index in [2.05, 4.69) is 10.3 Å². The van der Waals surface area contributed by atoms with Gasteiger partial charge < -0.3 is 14.8 Å². The summed E-state index contributed by atoms with van der Waals surface area (Å²) in [6.07, 6.45) is 1.20. The van der Waals surface area contributed by atoms with E-state index in [1.807, 2.05) is 18.2 Å². The molecule has 1 aromatic heterocycles. The minimum atomic E-state index is -3.23. The molecule has 0 unspecified atom stereocenters. The number of ether oxygens (including phenoxy) is 2. The molecule has 3 aromatic rings. The van der Waals surface area contributed by atoms with Crippen molar-refractivity contribution in [1.29, 1.82) is 0 Å². The smallest absolute Gasteiger partial charge is 0.184 e. The average molecular weight is 378 g/mol. The van der Waals surface area contributed by atoms with Gasteiger partial charge in [0.25, 0.3) is 0 Å². The molecular weight excluding hydrogens is 360 g/mol. The normalized spacial score (nSPS) is 11.5. The second-order valence-electron chi connectivity index (χ2n) is 5.43. The van der Waals surface area contributed by atoms with E-state index in [0.717, 1.165) is 15.8 Å². The molecule has 0 saturated carbocycles. The van der Waals surface area contributed by atoms with Gasteiger partial charge in [0.2, 0.25) is 0 Å². The highest BCUT2D eigenvalue weighted by Crippen LogP contribution is 2.32. The second kappa shape index (κ2) is 6.89. The van der Waals surface area contributed by atoms with Crippen LogP contribution in [0.2, 0.25) is 0 Å². The van der Waals surface area contributed by atoms with Crippen LogP contribution in [0.4, 0.5) is 5.13 Å². The SMILES string of the molecule is COc1cccc(CNc2nc3ccc(S(C)(=O)=O)cc3s2)c1OC. The van der Waals surface area contributed by atoms with Gasteiger partial charge in [0, 0.05) is 18.4 Å². The Balaban J connectivity index is 1.85. The number of para-hydroxylation sites is 1. The summed E-state index contributed by atoms with van der Waals surface area (Å²) >= 11 is 1.41. The van der Waals surface area contributed by atoms with Crippen molar-refractivity contribution in [1.82, 2.24) is 4.98 Å². The number of benzene rings is 2. The van der Waals surface area contributed by atoms with Crippen LogP contribution in [0.5, 0.6) is 11.5 Å². The van der Waals surface area contributed by atoms with Gasteiger partial charge in [-0.05, 0) is 24.3 Å². The van der Waals surface area contributed by atoms with Gasteiger partial charge in [0.05, 0.1) is 29.3 Å². The van der Waals surface area contributed by atoms with Crippen molar-refractivity contribution < 1.29 is 17.9 Å². The quantitative estimate of drug-likeness (QED) is 0.709. The first kappa shape index (κ1) is 17.5. The first-order chi connectivity index (χ1) is 11.9. The van der Waals surface area contributed by atoms with E-state index in [4.69, 9.17) is 9.47 Å². The lowest BCUT2D eigenvalue weighted by Gasteiger charge is -2.12. The molecule has 0 bridgehead atoms. The van der Waals surface area contributed by atoms with Gasteiger partial charge in [-0.15, -0.1) is 0 Å². The van der Waals surface area contributed by atoms with Crippen LogP contribution in [-0.2, 0) is 16.4 Å². The number of hydrogen-bond acceptors (Lipinski definition) is 7. The highest BCUT2D eigenvalue weighted by molar-refractivity contribution is 7.90. The third-order valence-corrected chi connectivity index (χ3v) is 5.79. The van der Waals surface area contributed by atoms with Gasteiger partial charge in [0.15, 0.2) is 26.5 Å². The summed E-state index contributed by atoms with van der Waals surface area (Å²) in [6.45, 7) is 0.513. The summed E-state index contributed by atoms with van der Waals surface area (Å²) in [5, 5.41) is 3.97. The molecule has 2 aromatic carbocycles. The zero-order valence-corrected chi connectivity index (χ0v) is 15.7. The summed E-state index contributed by atoms with van der Waals surface area (Å²) in [4.78, 5) is 4.79. The number of aromatic nitrogens is 1. The van der Waals surface area contributed by atoms with E-state index in [9.17, 15) is 8.42 Å². The molecule has 0 aliphatic rings. The topological polar surface area (TPSA) is 77.5 Å². The fourth-order valence-electron chi connectivity index (χ4n) is 2.47. The predicted octanol–water partition coefficient (Wildman–Crippen LogP) is 3.33. The third kappa shape index (κ3) is 3.69. The molecule has 0 aliphatic heterocycles. The highest BCUT2D eigenvalue weighted by atomic mass is 32.2. The molecule has 1 heterocycles. The van der Waals surface area contributed by atoms with Crippen LogP contribution in [0.15, 0.2) is 41.3 Å². The number of hydrogen-bond donors (Lipinski definition) is 1. The molecule has 25 heavy (non-hydrogen) atoms. The summed E-state index contributed by atoms with van der Waals surface area (Å²) in [5.74, 6) is 1.35. The Hall–Kier alpha value is -2.32. The highest BCUT2D eigenvalue weighted by Gasteiger charge is 2.12. The summed E-state index contributed by atoms with van der Waals surface area (Å²) in [5.41, 5.74) is 1.70.